The van der Waals surface area contributed by atoms with Crippen molar-refractivity contribution >= 4 is 0 Å². The number of ether oxygens (including phenoxy) is 1. The quantitative estimate of drug-likeness (QED) is 0.792. The maximum absolute atomic E-state index is 5.57. The molecule has 0 aromatic carbocycles. The van der Waals surface area contributed by atoms with Crippen molar-refractivity contribution in [1.82, 2.24) is 10.2 Å². The second-order valence-corrected chi connectivity index (χ2v) is 5.73. The molecule has 0 bridgehead atoms. The number of piperidine rings is 1. The summed E-state index contributed by atoms with van der Waals surface area (Å²) in [5.41, 5.74) is 0. The molecule has 100 valence electrons. The monoisotopic (exact) mass is 240 g/mol. The largest absolute Gasteiger partial charge is 0.379 e. The first kappa shape index (κ1) is 13.3. The van der Waals surface area contributed by atoms with E-state index in [4.69, 9.17) is 4.74 Å². The van der Waals surface area contributed by atoms with Gasteiger partial charge in [0.05, 0.1) is 13.2 Å². The van der Waals surface area contributed by atoms with Crippen LogP contribution >= 0.6 is 0 Å². The lowest BCUT2D eigenvalue weighted by atomic mass is 9.91. The number of nitrogens with one attached hydrogen (secondary N) is 1. The third kappa shape index (κ3) is 3.67. The van der Waals surface area contributed by atoms with E-state index in [1.165, 1.54) is 45.3 Å². The van der Waals surface area contributed by atoms with E-state index in [9.17, 15) is 0 Å². The van der Waals surface area contributed by atoms with Gasteiger partial charge in [0.2, 0.25) is 0 Å². The van der Waals surface area contributed by atoms with Gasteiger partial charge in [0.25, 0.3) is 0 Å². The average Bonchev–Trinajstić information content (AvgIpc) is 2.79. The molecule has 0 aromatic rings. The standard InChI is InChI=1S/C14H28N2O/c1-3-4-12-5-7-16(8-6-12)9-13-10-17-11-14(13)15-2/h12-15H,3-11H2,1-2H3. The van der Waals surface area contributed by atoms with Crippen molar-refractivity contribution in [2.75, 3.05) is 39.9 Å². The van der Waals surface area contributed by atoms with Crippen LogP contribution in [0.2, 0.25) is 0 Å². The van der Waals surface area contributed by atoms with Gasteiger partial charge in [0.1, 0.15) is 0 Å². The van der Waals surface area contributed by atoms with Crippen LogP contribution in [0.3, 0.4) is 0 Å². The Morgan fingerprint density at radius 2 is 2.00 bits per heavy atom. The van der Waals surface area contributed by atoms with Crippen molar-refractivity contribution in [2.45, 2.75) is 38.6 Å². The van der Waals surface area contributed by atoms with Crippen molar-refractivity contribution in [2.24, 2.45) is 11.8 Å². The van der Waals surface area contributed by atoms with Gasteiger partial charge >= 0.3 is 0 Å². The van der Waals surface area contributed by atoms with E-state index in [-0.39, 0.29) is 0 Å². The molecule has 1 N–H and O–H groups in total. The van der Waals surface area contributed by atoms with Crippen LogP contribution in [0.25, 0.3) is 0 Å². The van der Waals surface area contributed by atoms with Crippen molar-refractivity contribution in [3.05, 3.63) is 0 Å². The van der Waals surface area contributed by atoms with Gasteiger partial charge in [-0.25, -0.2) is 0 Å². The minimum absolute atomic E-state index is 0.573. The highest BCUT2D eigenvalue weighted by molar-refractivity contribution is 4.84. The molecule has 0 radical (unpaired) electrons. The molecule has 2 rings (SSSR count). The molecule has 2 aliphatic rings. The van der Waals surface area contributed by atoms with E-state index in [2.05, 4.69) is 24.2 Å². The summed E-state index contributed by atoms with van der Waals surface area (Å²) in [7, 11) is 2.06. The van der Waals surface area contributed by atoms with Crippen LogP contribution in [0.5, 0.6) is 0 Å². The lowest BCUT2D eigenvalue weighted by Crippen LogP contribution is -2.43. The number of hydrogen-bond acceptors (Lipinski definition) is 3. The number of likely N-dealkylation sites (tertiary alicyclic amines) is 1. The van der Waals surface area contributed by atoms with Crippen molar-refractivity contribution in [3.63, 3.8) is 0 Å². The average molecular weight is 240 g/mol. The van der Waals surface area contributed by atoms with Gasteiger partial charge in [-0.3, -0.25) is 0 Å². The Bertz CT molecular complexity index is 214. The van der Waals surface area contributed by atoms with E-state index in [0.29, 0.717) is 12.0 Å². The maximum atomic E-state index is 5.57. The van der Waals surface area contributed by atoms with Crippen LogP contribution < -0.4 is 5.32 Å². The van der Waals surface area contributed by atoms with Crippen LogP contribution in [0.4, 0.5) is 0 Å². The lowest BCUT2D eigenvalue weighted by Gasteiger charge is -2.34. The summed E-state index contributed by atoms with van der Waals surface area (Å²) in [6, 6.07) is 0.573. The fourth-order valence-corrected chi connectivity index (χ4v) is 3.30. The van der Waals surface area contributed by atoms with Crippen LogP contribution in [0, 0.1) is 11.8 Å². The van der Waals surface area contributed by atoms with E-state index in [0.717, 1.165) is 19.1 Å². The van der Waals surface area contributed by atoms with Gasteiger partial charge in [-0.2, -0.15) is 0 Å². The van der Waals surface area contributed by atoms with Gasteiger partial charge < -0.3 is 15.0 Å². The molecule has 2 saturated heterocycles. The van der Waals surface area contributed by atoms with Gasteiger partial charge in [0, 0.05) is 18.5 Å². The molecule has 2 aliphatic heterocycles. The molecule has 3 heteroatoms. The summed E-state index contributed by atoms with van der Waals surface area (Å²) in [6.07, 6.45) is 5.60. The molecule has 0 spiro atoms. The molecule has 0 aromatic heterocycles. The summed E-state index contributed by atoms with van der Waals surface area (Å²) in [6.45, 7) is 7.98. The first-order valence-electron chi connectivity index (χ1n) is 7.30. The normalized spacial score (nSPS) is 32.1. The van der Waals surface area contributed by atoms with Gasteiger partial charge in [-0.1, -0.05) is 19.8 Å². The predicted molar refractivity (Wildman–Crippen MR) is 71.2 cm³/mol. The molecular weight excluding hydrogens is 212 g/mol. The molecule has 2 heterocycles. The zero-order valence-electron chi connectivity index (χ0n) is 11.5. The van der Waals surface area contributed by atoms with Crippen molar-refractivity contribution in [1.29, 1.82) is 0 Å². The summed E-state index contributed by atoms with van der Waals surface area (Å²) in [5.74, 6) is 1.69. The van der Waals surface area contributed by atoms with E-state index >= 15 is 0 Å². The van der Waals surface area contributed by atoms with Gasteiger partial charge in [0.15, 0.2) is 0 Å². The maximum Gasteiger partial charge on any atom is 0.0623 e. The molecule has 3 nitrogen and oxygen atoms in total. The molecular formula is C14H28N2O. The Kier molecular flexibility index (Phi) is 5.26. The van der Waals surface area contributed by atoms with E-state index < -0.39 is 0 Å². The van der Waals surface area contributed by atoms with E-state index in [1.807, 2.05) is 0 Å². The molecule has 17 heavy (non-hydrogen) atoms. The van der Waals surface area contributed by atoms with Crippen LogP contribution in [0.1, 0.15) is 32.6 Å². The van der Waals surface area contributed by atoms with E-state index in [1.54, 1.807) is 0 Å². The fourth-order valence-electron chi connectivity index (χ4n) is 3.30. The first-order chi connectivity index (χ1) is 8.33. The Morgan fingerprint density at radius 3 is 2.65 bits per heavy atom. The first-order valence-corrected chi connectivity index (χ1v) is 7.30. The third-order valence-corrected chi connectivity index (χ3v) is 4.47. The summed E-state index contributed by atoms with van der Waals surface area (Å²) >= 11 is 0. The number of rotatable bonds is 5. The Labute approximate surface area is 106 Å². The Hall–Kier alpha value is -0.120. The van der Waals surface area contributed by atoms with Crippen LogP contribution in [0.15, 0.2) is 0 Å². The smallest absolute Gasteiger partial charge is 0.0623 e. The summed E-state index contributed by atoms with van der Waals surface area (Å²) in [5, 5.41) is 3.38. The zero-order valence-corrected chi connectivity index (χ0v) is 11.5. The highest BCUT2D eigenvalue weighted by atomic mass is 16.5. The molecule has 0 amide bonds. The van der Waals surface area contributed by atoms with Gasteiger partial charge in [-0.05, 0) is 38.9 Å². The zero-order chi connectivity index (χ0) is 12.1. The molecule has 2 unspecified atom stereocenters. The second kappa shape index (κ2) is 6.72. The summed E-state index contributed by atoms with van der Waals surface area (Å²) in [4.78, 5) is 2.65. The highest BCUT2D eigenvalue weighted by Crippen LogP contribution is 2.23. The highest BCUT2D eigenvalue weighted by Gasteiger charge is 2.29. The molecule has 2 fully saturated rings. The minimum Gasteiger partial charge on any atom is -0.379 e. The van der Waals surface area contributed by atoms with Crippen LogP contribution in [-0.2, 0) is 4.74 Å². The number of likely N-dealkylation sites (N-methyl/N-ethyl adjacent to an activating group) is 1. The van der Waals surface area contributed by atoms with Gasteiger partial charge in [-0.15, -0.1) is 0 Å². The van der Waals surface area contributed by atoms with Crippen molar-refractivity contribution < 1.29 is 4.74 Å². The Morgan fingerprint density at radius 1 is 1.24 bits per heavy atom. The van der Waals surface area contributed by atoms with Crippen LogP contribution in [-0.4, -0.2) is 50.8 Å². The molecule has 0 saturated carbocycles. The molecule has 0 aliphatic carbocycles. The lowest BCUT2D eigenvalue weighted by molar-refractivity contribution is 0.137. The number of hydrogen-bond donors (Lipinski definition) is 1. The SMILES string of the molecule is CCCC1CCN(CC2COCC2NC)CC1. The molecule has 2 atom stereocenters. The number of nitrogens with zero attached hydrogens (tertiary/aromatic N) is 1. The minimum atomic E-state index is 0.573. The van der Waals surface area contributed by atoms with Crippen molar-refractivity contribution in [3.8, 4) is 0 Å². The predicted octanol–water partition coefficient (Wildman–Crippen LogP) is 1.73. The fraction of sp³-hybridized carbons (Fsp3) is 1.00. The Balaban J connectivity index is 1.70. The second-order valence-electron chi connectivity index (χ2n) is 5.73. The summed E-state index contributed by atoms with van der Waals surface area (Å²) < 4.78 is 5.57. The topological polar surface area (TPSA) is 24.5 Å². The third-order valence-electron chi connectivity index (χ3n) is 4.47.